The zero-order valence-corrected chi connectivity index (χ0v) is 11.2. The molecule has 7 heteroatoms. The van der Waals surface area contributed by atoms with Gasteiger partial charge in [-0.1, -0.05) is 0 Å². The highest BCUT2D eigenvalue weighted by Gasteiger charge is 2.14. The zero-order valence-electron chi connectivity index (χ0n) is 9.61. The van der Waals surface area contributed by atoms with Crippen LogP contribution in [0, 0.1) is 12.7 Å². The first kappa shape index (κ1) is 11.3. The minimum absolute atomic E-state index is 0.182. The molecule has 0 aliphatic heterocycles. The number of ether oxygens (including phenoxy) is 1. The van der Waals surface area contributed by atoms with Gasteiger partial charge in [0.1, 0.15) is 11.3 Å². The van der Waals surface area contributed by atoms with Crippen molar-refractivity contribution >= 4 is 32.6 Å². The quantitative estimate of drug-likeness (QED) is 0.693. The van der Waals surface area contributed by atoms with Gasteiger partial charge in [0.2, 0.25) is 0 Å². The van der Waals surface area contributed by atoms with Gasteiger partial charge in [0.25, 0.3) is 0 Å². The minimum Gasteiger partial charge on any atom is -0.497 e. The maximum Gasteiger partial charge on any atom is 0.183 e. The van der Waals surface area contributed by atoms with Crippen LogP contribution in [0.2, 0.25) is 0 Å². The number of nitrogens with zero attached hydrogens (tertiary/aromatic N) is 4. The summed E-state index contributed by atoms with van der Waals surface area (Å²) in [6, 6.07) is 2.98. The first-order valence-electron chi connectivity index (χ1n) is 5.16. The van der Waals surface area contributed by atoms with Gasteiger partial charge in [0.05, 0.1) is 18.3 Å². The molecule has 0 radical (unpaired) electrons. The van der Waals surface area contributed by atoms with Crippen LogP contribution in [0.1, 0.15) is 5.69 Å². The molecule has 0 spiro atoms. The van der Waals surface area contributed by atoms with E-state index in [2.05, 4.69) is 31.1 Å². The van der Waals surface area contributed by atoms with Gasteiger partial charge >= 0.3 is 0 Å². The molecule has 0 atom stereocenters. The third kappa shape index (κ3) is 1.47. The summed E-state index contributed by atoms with van der Waals surface area (Å²) in [5, 5.41) is 7.88. The predicted molar refractivity (Wildman–Crippen MR) is 67.2 cm³/mol. The smallest absolute Gasteiger partial charge is 0.183 e. The fourth-order valence-corrected chi connectivity index (χ4v) is 2.49. The van der Waals surface area contributed by atoms with E-state index in [0.29, 0.717) is 21.6 Å². The van der Waals surface area contributed by atoms with E-state index < -0.39 is 5.82 Å². The third-order valence-corrected chi connectivity index (χ3v) is 3.25. The van der Waals surface area contributed by atoms with Crippen molar-refractivity contribution in [2.24, 2.45) is 0 Å². The SMILES string of the molecule is COc1cc(F)c2nnc3c(C)nc(Br)n3c2c1. The lowest BCUT2D eigenvalue weighted by atomic mass is 10.2. The van der Waals surface area contributed by atoms with E-state index in [4.69, 9.17) is 4.74 Å². The summed E-state index contributed by atoms with van der Waals surface area (Å²) in [6.07, 6.45) is 0. The van der Waals surface area contributed by atoms with Crippen LogP contribution < -0.4 is 4.74 Å². The van der Waals surface area contributed by atoms with E-state index in [1.807, 2.05) is 6.92 Å². The zero-order chi connectivity index (χ0) is 12.9. The first-order chi connectivity index (χ1) is 8.61. The molecule has 0 N–H and O–H groups in total. The molecule has 0 fully saturated rings. The molecule has 18 heavy (non-hydrogen) atoms. The van der Waals surface area contributed by atoms with Crippen molar-refractivity contribution in [3.8, 4) is 5.75 Å². The maximum atomic E-state index is 13.9. The minimum atomic E-state index is -0.475. The third-order valence-electron chi connectivity index (χ3n) is 2.72. The monoisotopic (exact) mass is 310 g/mol. The van der Waals surface area contributed by atoms with Crippen molar-refractivity contribution in [2.75, 3.05) is 7.11 Å². The Morgan fingerprint density at radius 2 is 2.11 bits per heavy atom. The number of methoxy groups -OCH3 is 1. The molecule has 0 aliphatic carbocycles. The van der Waals surface area contributed by atoms with Crippen LogP contribution >= 0.6 is 15.9 Å². The Bertz CT molecular complexity index is 771. The number of fused-ring (bicyclic) bond motifs is 3. The fraction of sp³-hybridized carbons (Fsp3) is 0.182. The van der Waals surface area contributed by atoms with E-state index in [-0.39, 0.29) is 5.52 Å². The van der Waals surface area contributed by atoms with E-state index in [9.17, 15) is 4.39 Å². The normalized spacial score (nSPS) is 11.3. The lowest BCUT2D eigenvalue weighted by Gasteiger charge is -2.05. The number of hydrogen-bond donors (Lipinski definition) is 0. The number of benzene rings is 1. The molecule has 0 unspecified atom stereocenters. The van der Waals surface area contributed by atoms with Crippen molar-refractivity contribution in [3.05, 3.63) is 28.4 Å². The number of aromatic nitrogens is 4. The van der Waals surface area contributed by atoms with E-state index >= 15 is 0 Å². The van der Waals surface area contributed by atoms with E-state index in [1.54, 1.807) is 10.5 Å². The second-order valence-electron chi connectivity index (χ2n) is 3.80. The average Bonchev–Trinajstić information content (AvgIpc) is 2.65. The summed E-state index contributed by atoms with van der Waals surface area (Å²) >= 11 is 3.33. The van der Waals surface area contributed by atoms with Gasteiger partial charge in [-0.15, -0.1) is 10.2 Å². The van der Waals surface area contributed by atoms with Gasteiger partial charge in [0.15, 0.2) is 16.2 Å². The first-order valence-corrected chi connectivity index (χ1v) is 5.95. The number of hydrogen-bond acceptors (Lipinski definition) is 4. The molecule has 5 nitrogen and oxygen atoms in total. The largest absolute Gasteiger partial charge is 0.497 e. The summed E-state index contributed by atoms with van der Waals surface area (Å²) in [7, 11) is 1.49. The standard InChI is InChI=1S/C11H8BrFN4O/c1-5-10-16-15-9-7(13)3-6(18-2)4-8(9)17(10)11(12)14-5/h3-4H,1-2H3. The lowest BCUT2D eigenvalue weighted by molar-refractivity contribution is 0.412. The Hall–Kier alpha value is -1.76. The number of imidazole rings is 1. The van der Waals surface area contributed by atoms with Crippen LogP contribution in [0.5, 0.6) is 5.75 Å². The number of rotatable bonds is 1. The van der Waals surface area contributed by atoms with Crippen LogP contribution in [-0.2, 0) is 0 Å². The fourth-order valence-electron chi connectivity index (χ4n) is 1.86. The molecule has 0 saturated carbocycles. The molecule has 3 rings (SSSR count). The summed E-state index contributed by atoms with van der Waals surface area (Å²) in [4.78, 5) is 4.24. The molecule has 2 aromatic heterocycles. The average molecular weight is 311 g/mol. The van der Waals surface area contributed by atoms with Gasteiger partial charge in [-0.3, -0.25) is 4.40 Å². The Morgan fingerprint density at radius 1 is 1.33 bits per heavy atom. The highest BCUT2D eigenvalue weighted by molar-refractivity contribution is 9.10. The van der Waals surface area contributed by atoms with Crippen molar-refractivity contribution in [1.29, 1.82) is 0 Å². The van der Waals surface area contributed by atoms with Gasteiger partial charge in [0, 0.05) is 12.1 Å². The summed E-state index contributed by atoms with van der Waals surface area (Å²) < 4.78 is 21.2. The van der Waals surface area contributed by atoms with Crippen LogP contribution in [0.15, 0.2) is 16.9 Å². The summed E-state index contributed by atoms with van der Waals surface area (Å²) in [5.41, 5.74) is 2.05. The van der Waals surface area contributed by atoms with Crippen molar-refractivity contribution < 1.29 is 9.13 Å². The van der Waals surface area contributed by atoms with Crippen molar-refractivity contribution in [1.82, 2.24) is 19.6 Å². The Labute approximate surface area is 110 Å². The Morgan fingerprint density at radius 3 is 2.83 bits per heavy atom. The topological polar surface area (TPSA) is 52.3 Å². The Kier molecular flexibility index (Phi) is 2.44. The molecule has 3 aromatic rings. The molecular weight excluding hydrogens is 303 g/mol. The lowest BCUT2D eigenvalue weighted by Crippen LogP contribution is -1.98. The Balaban J connectivity index is 2.56. The maximum absolute atomic E-state index is 13.9. The highest BCUT2D eigenvalue weighted by Crippen LogP contribution is 2.26. The van der Waals surface area contributed by atoms with E-state index in [1.165, 1.54) is 13.2 Å². The molecule has 2 heterocycles. The second kappa shape index (κ2) is 3.88. The van der Waals surface area contributed by atoms with Crippen molar-refractivity contribution in [2.45, 2.75) is 6.92 Å². The molecule has 0 saturated heterocycles. The van der Waals surface area contributed by atoms with Crippen LogP contribution in [0.25, 0.3) is 16.7 Å². The van der Waals surface area contributed by atoms with Gasteiger partial charge in [-0.2, -0.15) is 0 Å². The second-order valence-corrected chi connectivity index (χ2v) is 4.51. The predicted octanol–water partition coefficient (Wildman–Crippen LogP) is 2.50. The highest BCUT2D eigenvalue weighted by atomic mass is 79.9. The molecular formula is C11H8BrFN4O. The van der Waals surface area contributed by atoms with Crippen LogP contribution in [0.3, 0.4) is 0 Å². The van der Waals surface area contributed by atoms with Crippen molar-refractivity contribution in [3.63, 3.8) is 0 Å². The summed E-state index contributed by atoms with van der Waals surface area (Å²) in [5.74, 6) is -0.0513. The molecule has 0 amide bonds. The summed E-state index contributed by atoms with van der Waals surface area (Å²) in [6.45, 7) is 1.82. The molecule has 1 aromatic carbocycles. The molecule has 0 bridgehead atoms. The van der Waals surface area contributed by atoms with Crippen LogP contribution in [-0.4, -0.2) is 26.7 Å². The van der Waals surface area contributed by atoms with Gasteiger partial charge < -0.3 is 4.74 Å². The molecule has 0 aliphatic rings. The molecule has 92 valence electrons. The number of aryl methyl sites for hydroxylation is 1. The van der Waals surface area contributed by atoms with Crippen LogP contribution in [0.4, 0.5) is 4.39 Å². The van der Waals surface area contributed by atoms with E-state index in [0.717, 1.165) is 5.69 Å². The van der Waals surface area contributed by atoms with Gasteiger partial charge in [-0.05, 0) is 22.9 Å². The number of halogens is 2. The van der Waals surface area contributed by atoms with Gasteiger partial charge in [-0.25, -0.2) is 9.37 Å².